The Morgan fingerprint density at radius 3 is 0.885 bits per heavy atom. The Morgan fingerprint density at radius 1 is 0.344 bits per heavy atom. The number of aryl methyl sites for hydroxylation is 2. The number of nitrogens with one attached hydrogen (secondary N) is 1. The summed E-state index contributed by atoms with van der Waals surface area (Å²) in [4.78, 5) is 7.99. The summed E-state index contributed by atoms with van der Waals surface area (Å²) in [5.74, 6) is -45.2. The van der Waals surface area contributed by atoms with Gasteiger partial charge in [-0.25, -0.2) is 70.8 Å². The van der Waals surface area contributed by atoms with Crippen LogP contribution in [0.2, 0.25) is 0 Å². The number of nitrogens with zero attached hydrogens (tertiary/aromatic N) is 1. The number of imidazole rings is 1. The zero-order chi connectivity index (χ0) is 45.4. The van der Waals surface area contributed by atoms with Crippen LogP contribution in [0.15, 0.2) is 6.33 Å². The first kappa shape index (κ1) is 51.2. The molecule has 0 aliphatic rings. The third-order valence-electron chi connectivity index (χ3n) is 10.5. The summed E-state index contributed by atoms with van der Waals surface area (Å²) in [6, 6.07) is 0. The van der Waals surface area contributed by atoms with E-state index >= 15 is 0 Å². The highest BCUT2D eigenvalue weighted by molar-refractivity contribution is 6.95. The number of H-pyrrole nitrogens is 1. The Morgan fingerprint density at radius 2 is 0.590 bits per heavy atom. The first-order valence-electron chi connectivity index (χ1n) is 20.6. The van der Waals surface area contributed by atoms with E-state index in [1.165, 1.54) is 140 Å². The van der Waals surface area contributed by atoms with Crippen molar-refractivity contribution in [1.29, 1.82) is 0 Å². The summed E-state index contributed by atoms with van der Waals surface area (Å²) in [7, 11) is 0. The van der Waals surface area contributed by atoms with Gasteiger partial charge >= 0.3 is 0 Å². The molecule has 0 bridgehead atoms. The molecule has 338 valence electrons. The van der Waals surface area contributed by atoms with Gasteiger partial charge in [0.2, 0.25) is 0 Å². The summed E-state index contributed by atoms with van der Waals surface area (Å²) in [6.07, 6.45) is 29.5. The molecule has 0 unspecified atom stereocenters. The van der Waals surface area contributed by atoms with E-state index in [-0.39, 0.29) is 0 Å². The van der Waals surface area contributed by atoms with Gasteiger partial charge in [0.25, 0.3) is 6.71 Å². The van der Waals surface area contributed by atoms with E-state index in [0.717, 1.165) is 0 Å². The minimum absolute atomic E-state index is 1.17. The van der Waals surface area contributed by atoms with Crippen LogP contribution in [0, 0.1) is 87.3 Å². The fraction of sp³-hybridized carbons (Fsp3) is 0.512. The number of halogens is 15. The van der Waals surface area contributed by atoms with E-state index in [1.54, 1.807) is 0 Å². The lowest BCUT2D eigenvalue weighted by Crippen LogP contribution is -2.60. The average Bonchev–Trinajstić information content (AvgIpc) is 3.70. The van der Waals surface area contributed by atoms with Gasteiger partial charge in [0.05, 0.1) is 12.0 Å². The van der Waals surface area contributed by atoms with E-state index in [9.17, 15) is 65.9 Å². The molecule has 2 nitrogen and oxygen atoms in total. The van der Waals surface area contributed by atoms with Crippen LogP contribution in [-0.4, -0.2) is 16.7 Å². The summed E-state index contributed by atoms with van der Waals surface area (Å²) in [5.41, 5.74) is -5.27. The molecule has 4 aromatic rings. The Bertz CT molecular complexity index is 1750. The van der Waals surface area contributed by atoms with Gasteiger partial charge < -0.3 is 4.98 Å². The predicted octanol–water partition coefficient (Wildman–Crippen LogP) is 12.8. The molecule has 3 aromatic carbocycles. The summed E-state index contributed by atoms with van der Waals surface area (Å²) >= 11 is 0. The van der Waals surface area contributed by atoms with Crippen LogP contribution < -0.4 is 16.4 Å². The molecule has 0 fully saturated rings. The molecule has 0 spiro atoms. The van der Waals surface area contributed by atoms with E-state index in [0.29, 0.717) is 0 Å². The summed E-state index contributed by atoms with van der Waals surface area (Å²) in [6.45, 7) is 0.622. The molecule has 0 amide bonds. The fourth-order valence-electron chi connectivity index (χ4n) is 7.06. The Kier molecular flexibility index (Phi) is 21.1. The minimum atomic E-state index is -3.96. The van der Waals surface area contributed by atoms with Crippen LogP contribution in [0.5, 0.6) is 0 Å². The molecule has 0 saturated heterocycles. The molecule has 0 aliphatic carbocycles. The second kappa shape index (κ2) is 25.1. The molecule has 18 heteroatoms. The molecular weight excluding hydrogens is 840 g/mol. The highest BCUT2D eigenvalue weighted by atomic mass is 19.2. The van der Waals surface area contributed by atoms with Crippen LogP contribution in [0.25, 0.3) is 0 Å². The number of rotatable bonds is 23. The van der Waals surface area contributed by atoms with E-state index in [4.69, 9.17) is 0 Å². The molecule has 0 atom stereocenters. The van der Waals surface area contributed by atoms with Gasteiger partial charge in [-0.15, -0.1) is 0 Å². The van der Waals surface area contributed by atoms with Crippen molar-refractivity contribution in [1.82, 2.24) is 9.97 Å². The lowest BCUT2D eigenvalue weighted by molar-refractivity contribution is 0.380. The lowest BCUT2D eigenvalue weighted by atomic mass is 9.36. The molecular formula is C43H48BF15N2. The van der Waals surface area contributed by atoms with Gasteiger partial charge in [-0.1, -0.05) is 117 Å². The molecule has 4 rings (SSSR count). The van der Waals surface area contributed by atoms with Gasteiger partial charge in [0.15, 0.2) is 87.3 Å². The Balaban J connectivity index is 0.000000335. The number of hydrogen-bond donors (Lipinski definition) is 1. The largest absolute Gasteiger partial charge is 0.348 e. The maximum Gasteiger partial charge on any atom is 0.265 e. The predicted molar refractivity (Wildman–Crippen MR) is 204 cm³/mol. The maximum absolute atomic E-state index is 14.4. The third-order valence-corrected chi connectivity index (χ3v) is 10.5. The number of aromatic nitrogens is 2. The normalized spacial score (nSPS) is 11.4. The van der Waals surface area contributed by atoms with Crippen LogP contribution in [-0.2, 0) is 12.8 Å². The quantitative estimate of drug-likeness (QED) is 0.0260. The molecule has 1 heterocycles. The zero-order valence-corrected chi connectivity index (χ0v) is 33.9. The number of hydrogen-bond acceptors (Lipinski definition) is 1. The Labute approximate surface area is 345 Å². The van der Waals surface area contributed by atoms with E-state index in [2.05, 4.69) is 23.8 Å². The molecule has 61 heavy (non-hydrogen) atoms. The highest BCUT2D eigenvalue weighted by Crippen LogP contribution is 2.24. The summed E-state index contributed by atoms with van der Waals surface area (Å²) in [5, 5.41) is 0. The van der Waals surface area contributed by atoms with Crippen molar-refractivity contribution in [2.75, 3.05) is 0 Å². The SMILES string of the molecule is CCCCCCCCCCCc1nc[nH]c1CCCCCCCCCCC.Fc1c(F)c(F)c(B(c2c(F)c(F)c(F)c(F)c2F)c2c(F)c(F)c(F)c(F)c2F)c(F)c1F. The van der Waals surface area contributed by atoms with Crippen molar-refractivity contribution in [3.05, 3.63) is 105 Å². The molecule has 0 radical (unpaired) electrons. The average molecular weight is 889 g/mol. The van der Waals surface area contributed by atoms with Gasteiger partial charge in [-0.2, -0.15) is 0 Å². The van der Waals surface area contributed by atoms with Gasteiger partial charge in [-0.3, -0.25) is 0 Å². The van der Waals surface area contributed by atoms with Crippen LogP contribution in [0.1, 0.15) is 141 Å². The first-order chi connectivity index (χ1) is 29.0. The van der Waals surface area contributed by atoms with Crippen LogP contribution in [0.3, 0.4) is 0 Å². The molecule has 1 aromatic heterocycles. The monoisotopic (exact) mass is 888 g/mol. The number of benzene rings is 3. The third kappa shape index (κ3) is 13.0. The van der Waals surface area contributed by atoms with Crippen molar-refractivity contribution in [3.63, 3.8) is 0 Å². The maximum atomic E-state index is 14.4. The van der Waals surface area contributed by atoms with E-state index in [1.807, 2.05) is 6.33 Å². The standard InChI is InChI=1S/C25H48N2.C18BF15/c1-3-5-7-9-11-13-15-17-19-21-24-25(27-23-26-24)22-20-18-16-14-12-10-8-6-4-2;20-4-1(5(21)11(27)16(32)10(4)26)19(2-6(22)12(28)17(33)13(29)7(2)23)3-8(24)14(30)18(34)15(31)9(3)25/h23H,3-22H2,1-2H3,(H,26,27);. The highest BCUT2D eigenvalue weighted by Gasteiger charge is 2.45. The van der Waals surface area contributed by atoms with Crippen molar-refractivity contribution < 1.29 is 65.9 Å². The first-order valence-corrected chi connectivity index (χ1v) is 20.6. The number of aromatic amines is 1. The van der Waals surface area contributed by atoms with Crippen LogP contribution >= 0.6 is 0 Å². The van der Waals surface area contributed by atoms with E-state index < -0.39 is 110 Å². The van der Waals surface area contributed by atoms with Crippen molar-refractivity contribution in [2.45, 2.75) is 142 Å². The Hall–Kier alpha value is -4.12. The van der Waals surface area contributed by atoms with Gasteiger partial charge in [0, 0.05) is 22.1 Å². The second-order valence-electron chi connectivity index (χ2n) is 14.9. The van der Waals surface area contributed by atoms with Gasteiger partial charge in [0.1, 0.15) is 0 Å². The van der Waals surface area contributed by atoms with Crippen molar-refractivity contribution >= 4 is 23.1 Å². The number of unbranched alkanes of at least 4 members (excludes halogenated alkanes) is 16. The summed E-state index contributed by atoms with van der Waals surface area (Å²) < 4.78 is 209. The zero-order valence-electron chi connectivity index (χ0n) is 33.9. The molecule has 0 aliphatic heterocycles. The molecule has 1 N–H and O–H groups in total. The van der Waals surface area contributed by atoms with Crippen LogP contribution in [0.4, 0.5) is 65.9 Å². The van der Waals surface area contributed by atoms with Crippen molar-refractivity contribution in [2.24, 2.45) is 0 Å². The topological polar surface area (TPSA) is 28.7 Å². The minimum Gasteiger partial charge on any atom is -0.348 e. The van der Waals surface area contributed by atoms with Crippen molar-refractivity contribution in [3.8, 4) is 0 Å². The smallest absolute Gasteiger partial charge is 0.265 e. The molecule has 0 saturated carbocycles. The van der Waals surface area contributed by atoms with Gasteiger partial charge in [-0.05, 0) is 25.7 Å². The second-order valence-corrected chi connectivity index (χ2v) is 14.9. The fourth-order valence-corrected chi connectivity index (χ4v) is 7.06. The lowest BCUT2D eigenvalue weighted by Gasteiger charge is -2.21.